The van der Waals surface area contributed by atoms with E-state index in [0.717, 1.165) is 5.56 Å². The average molecular weight is 231 g/mol. The van der Waals surface area contributed by atoms with E-state index in [1.165, 1.54) is 7.11 Å². The highest BCUT2D eigenvalue weighted by Crippen LogP contribution is 2.19. The summed E-state index contributed by atoms with van der Waals surface area (Å²) in [6, 6.07) is 7.15. The minimum atomic E-state index is -0.426. The van der Waals surface area contributed by atoms with Gasteiger partial charge in [-0.25, -0.2) is 4.79 Å². The summed E-state index contributed by atoms with van der Waals surface area (Å²) in [6.45, 7) is 0.489. The van der Waals surface area contributed by atoms with Crippen LogP contribution in [0.1, 0.15) is 15.9 Å². The van der Waals surface area contributed by atoms with Gasteiger partial charge >= 0.3 is 5.97 Å². The van der Waals surface area contributed by atoms with Gasteiger partial charge in [0.2, 0.25) is 0 Å². The molecule has 0 saturated heterocycles. The van der Waals surface area contributed by atoms with E-state index in [2.05, 4.69) is 5.10 Å². The molecule has 2 rings (SSSR count). The SMILES string of the molecule is COC(=O)c1c(N)cccc1Cn1cccn1. The fraction of sp³-hybridized carbons (Fsp3) is 0.167. The van der Waals surface area contributed by atoms with Crippen molar-refractivity contribution in [3.63, 3.8) is 0 Å². The molecule has 0 fully saturated rings. The molecule has 17 heavy (non-hydrogen) atoms. The van der Waals surface area contributed by atoms with Crippen LogP contribution in [0, 0.1) is 0 Å². The summed E-state index contributed by atoms with van der Waals surface area (Å²) < 4.78 is 6.45. The zero-order valence-electron chi connectivity index (χ0n) is 9.46. The molecule has 1 heterocycles. The van der Waals surface area contributed by atoms with Crippen LogP contribution in [0.2, 0.25) is 0 Å². The lowest BCUT2D eigenvalue weighted by atomic mass is 10.1. The molecule has 0 saturated carbocycles. The summed E-state index contributed by atoms with van der Waals surface area (Å²) in [5.74, 6) is -0.426. The van der Waals surface area contributed by atoms with Gasteiger partial charge in [-0.2, -0.15) is 5.10 Å². The number of carbonyl (C=O) groups excluding carboxylic acids is 1. The molecule has 2 aromatic rings. The van der Waals surface area contributed by atoms with E-state index in [1.807, 2.05) is 18.3 Å². The highest BCUT2D eigenvalue weighted by molar-refractivity contribution is 5.96. The van der Waals surface area contributed by atoms with Gasteiger partial charge in [0.1, 0.15) is 0 Å². The largest absolute Gasteiger partial charge is 0.465 e. The number of carbonyl (C=O) groups is 1. The number of nitrogens with two attached hydrogens (primary N) is 1. The first kappa shape index (κ1) is 11.2. The number of hydrogen-bond acceptors (Lipinski definition) is 4. The standard InChI is InChI=1S/C12H13N3O2/c1-17-12(16)11-9(4-2-5-10(11)13)8-15-7-3-6-14-15/h2-7H,8,13H2,1H3. The lowest BCUT2D eigenvalue weighted by molar-refractivity contribution is 0.0600. The zero-order valence-corrected chi connectivity index (χ0v) is 9.46. The molecule has 0 aliphatic carbocycles. The molecule has 0 atom stereocenters. The molecule has 0 aliphatic heterocycles. The Morgan fingerprint density at radius 1 is 1.47 bits per heavy atom. The number of nitrogens with zero attached hydrogens (tertiary/aromatic N) is 2. The monoisotopic (exact) mass is 231 g/mol. The third-order valence-corrected chi connectivity index (χ3v) is 2.46. The van der Waals surface area contributed by atoms with Crippen LogP contribution in [-0.4, -0.2) is 22.9 Å². The number of aromatic nitrogens is 2. The first-order valence-corrected chi connectivity index (χ1v) is 5.15. The van der Waals surface area contributed by atoms with Gasteiger partial charge in [-0.05, 0) is 17.7 Å². The number of benzene rings is 1. The van der Waals surface area contributed by atoms with Crippen molar-refractivity contribution in [3.8, 4) is 0 Å². The summed E-state index contributed by atoms with van der Waals surface area (Å²) in [6.07, 6.45) is 3.51. The number of methoxy groups -OCH3 is 1. The molecule has 0 radical (unpaired) electrons. The topological polar surface area (TPSA) is 70.1 Å². The fourth-order valence-corrected chi connectivity index (χ4v) is 1.67. The number of rotatable bonds is 3. The maximum Gasteiger partial charge on any atom is 0.340 e. The van der Waals surface area contributed by atoms with Gasteiger partial charge < -0.3 is 10.5 Å². The van der Waals surface area contributed by atoms with Crippen LogP contribution < -0.4 is 5.73 Å². The second-order valence-electron chi connectivity index (χ2n) is 3.58. The van der Waals surface area contributed by atoms with E-state index in [-0.39, 0.29) is 0 Å². The van der Waals surface area contributed by atoms with Crippen molar-refractivity contribution in [3.05, 3.63) is 47.8 Å². The Hall–Kier alpha value is -2.30. The van der Waals surface area contributed by atoms with Gasteiger partial charge in [0.05, 0.1) is 19.2 Å². The first-order chi connectivity index (χ1) is 8.22. The first-order valence-electron chi connectivity index (χ1n) is 5.15. The van der Waals surface area contributed by atoms with E-state index in [9.17, 15) is 4.79 Å². The summed E-state index contributed by atoms with van der Waals surface area (Å²) >= 11 is 0. The average Bonchev–Trinajstić information content (AvgIpc) is 2.81. The lowest BCUT2D eigenvalue weighted by Gasteiger charge is -2.10. The summed E-state index contributed by atoms with van der Waals surface area (Å²) in [5, 5.41) is 4.09. The summed E-state index contributed by atoms with van der Waals surface area (Å²) in [5.41, 5.74) is 7.41. The van der Waals surface area contributed by atoms with Crippen molar-refractivity contribution >= 4 is 11.7 Å². The van der Waals surface area contributed by atoms with Crippen LogP contribution in [0.25, 0.3) is 0 Å². The van der Waals surface area contributed by atoms with Crippen molar-refractivity contribution < 1.29 is 9.53 Å². The Kier molecular flexibility index (Phi) is 3.09. The van der Waals surface area contributed by atoms with Crippen LogP contribution in [-0.2, 0) is 11.3 Å². The van der Waals surface area contributed by atoms with E-state index < -0.39 is 5.97 Å². The molecule has 5 nitrogen and oxygen atoms in total. The third-order valence-electron chi connectivity index (χ3n) is 2.46. The van der Waals surface area contributed by atoms with Gasteiger partial charge in [-0.3, -0.25) is 4.68 Å². The molecule has 88 valence electrons. The Balaban J connectivity index is 2.39. The van der Waals surface area contributed by atoms with Crippen LogP contribution in [0.4, 0.5) is 5.69 Å². The lowest BCUT2D eigenvalue weighted by Crippen LogP contribution is -2.12. The van der Waals surface area contributed by atoms with Gasteiger partial charge in [0.15, 0.2) is 0 Å². The highest BCUT2D eigenvalue weighted by Gasteiger charge is 2.15. The zero-order chi connectivity index (χ0) is 12.3. The van der Waals surface area contributed by atoms with Gasteiger partial charge in [-0.15, -0.1) is 0 Å². The van der Waals surface area contributed by atoms with Crippen molar-refractivity contribution in [1.29, 1.82) is 0 Å². The maximum atomic E-state index is 11.7. The summed E-state index contributed by atoms with van der Waals surface area (Å²) in [7, 11) is 1.34. The molecule has 0 amide bonds. The number of esters is 1. The van der Waals surface area contributed by atoms with Crippen molar-refractivity contribution in [2.24, 2.45) is 0 Å². The van der Waals surface area contributed by atoms with Crippen LogP contribution in [0.3, 0.4) is 0 Å². The number of hydrogen-bond donors (Lipinski definition) is 1. The Labute approximate surface area is 98.8 Å². The molecular formula is C12H13N3O2. The highest BCUT2D eigenvalue weighted by atomic mass is 16.5. The molecule has 0 unspecified atom stereocenters. The second-order valence-corrected chi connectivity index (χ2v) is 3.58. The fourth-order valence-electron chi connectivity index (χ4n) is 1.67. The predicted molar refractivity (Wildman–Crippen MR) is 63.5 cm³/mol. The van der Waals surface area contributed by atoms with Crippen molar-refractivity contribution in [2.75, 3.05) is 12.8 Å². The predicted octanol–water partition coefficient (Wildman–Crippen LogP) is 1.30. The maximum absolute atomic E-state index is 11.7. The van der Waals surface area contributed by atoms with E-state index >= 15 is 0 Å². The van der Waals surface area contributed by atoms with E-state index in [1.54, 1.807) is 23.0 Å². The van der Waals surface area contributed by atoms with Gasteiger partial charge in [0, 0.05) is 18.1 Å². The van der Waals surface area contributed by atoms with Crippen LogP contribution >= 0.6 is 0 Å². The Morgan fingerprint density at radius 2 is 2.29 bits per heavy atom. The molecule has 0 aliphatic rings. The molecule has 1 aromatic carbocycles. The normalized spacial score (nSPS) is 10.2. The molecule has 2 N–H and O–H groups in total. The number of ether oxygens (including phenoxy) is 1. The minimum absolute atomic E-state index is 0.408. The summed E-state index contributed by atoms with van der Waals surface area (Å²) in [4.78, 5) is 11.7. The number of anilines is 1. The quantitative estimate of drug-likeness (QED) is 0.638. The third kappa shape index (κ3) is 2.28. The van der Waals surface area contributed by atoms with Crippen molar-refractivity contribution in [2.45, 2.75) is 6.54 Å². The Bertz CT molecular complexity index is 521. The number of nitrogen functional groups attached to an aromatic ring is 1. The van der Waals surface area contributed by atoms with Gasteiger partial charge in [-0.1, -0.05) is 12.1 Å². The van der Waals surface area contributed by atoms with Crippen LogP contribution in [0.15, 0.2) is 36.7 Å². The van der Waals surface area contributed by atoms with Crippen LogP contribution in [0.5, 0.6) is 0 Å². The molecule has 5 heteroatoms. The van der Waals surface area contributed by atoms with Gasteiger partial charge in [0.25, 0.3) is 0 Å². The molecule has 0 spiro atoms. The second kappa shape index (κ2) is 4.69. The van der Waals surface area contributed by atoms with E-state index in [4.69, 9.17) is 10.5 Å². The Morgan fingerprint density at radius 3 is 2.94 bits per heavy atom. The molecule has 0 bridgehead atoms. The molecular weight excluding hydrogens is 218 g/mol. The smallest absolute Gasteiger partial charge is 0.340 e. The van der Waals surface area contributed by atoms with Crippen molar-refractivity contribution in [1.82, 2.24) is 9.78 Å². The minimum Gasteiger partial charge on any atom is -0.465 e. The molecule has 1 aromatic heterocycles. The van der Waals surface area contributed by atoms with E-state index in [0.29, 0.717) is 17.8 Å².